The van der Waals surface area contributed by atoms with E-state index < -0.39 is 24.1 Å². The van der Waals surface area contributed by atoms with Gasteiger partial charge in [-0.05, 0) is 46.2 Å². The molecular weight excluding hydrogens is 562 g/mol. The Hall–Kier alpha value is -4.35. The SMILES string of the molecule is O=C(O)C[C@H](NC(=O)N[C@@H](Cc1ccccc1)C(=O)N(Cc1cccs1)Cc1cccs1)c1ccc2c(c1)OCO2. The molecule has 41 heavy (non-hydrogen) atoms. The summed E-state index contributed by atoms with van der Waals surface area (Å²) < 4.78 is 10.8. The van der Waals surface area contributed by atoms with E-state index in [2.05, 4.69) is 10.6 Å². The number of carboxylic acid groups (broad SMARTS) is 1. The Morgan fingerprint density at radius 2 is 1.54 bits per heavy atom. The lowest BCUT2D eigenvalue weighted by Crippen LogP contribution is -2.52. The van der Waals surface area contributed by atoms with Crippen LogP contribution < -0.4 is 20.1 Å². The number of carbonyl (C=O) groups excluding carboxylic acids is 2. The number of amides is 3. The molecular formula is C30H29N3O6S2. The molecule has 0 saturated carbocycles. The monoisotopic (exact) mass is 591 g/mol. The fraction of sp³-hybridized carbons (Fsp3) is 0.233. The summed E-state index contributed by atoms with van der Waals surface area (Å²) in [4.78, 5) is 42.9. The van der Waals surface area contributed by atoms with Crippen molar-refractivity contribution in [1.29, 1.82) is 0 Å². The number of carboxylic acids is 1. The average molecular weight is 592 g/mol. The molecule has 5 rings (SSSR count). The third-order valence-electron chi connectivity index (χ3n) is 6.53. The van der Waals surface area contributed by atoms with E-state index in [1.54, 1.807) is 45.8 Å². The van der Waals surface area contributed by atoms with E-state index in [0.717, 1.165) is 15.3 Å². The second kappa shape index (κ2) is 13.3. The van der Waals surface area contributed by atoms with Gasteiger partial charge in [-0.1, -0.05) is 48.5 Å². The number of nitrogens with one attached hydrogen (secondary N) is 2. The average Bonchev–Trinajstić information content (AvgIpc) is 3.75. The summed E-state index contributed by atoms with van der Waals surface area (Å²) in [5.41, 5.74) is 1.44. The number of fused-ring (bicyclic) bond motifs is 1. The molecule has 0 aliphatic carbocycles. The molecule has 2 aromatic carbocycles. The Labute approximate surface area is 245 Å². The van der Waals surface area contributed by atoms with E-state index in [0.29, 0.717) is 30.2 Å². The maximum Gasteiger partial charge on any atom is 0.315 e. The van der Waals surface area contributed by atoms with Crippen molar-refractivity contribution in [2.45, 2.75) is 38.0 Å². The van der Waals surface area contributed by atoms with Crippen LogP contribution in [-0.2, 0) is 29.1 Å². The molecule has 212 valence electrons. The van der Waals surface area contributed by atoms with E-state index >= 15 is 0 Å². The smallest absolute Gasteiger partial charge is 0.315 e. The van der Waals surface area contributed by atoms with Gasteiger partial charge in [-0.25, -0.2) is 4.79 Å². The van der Waals surface area contributed by atoms with Crippen molar-refractivity contribution in [3.8, 4) is 11.5 Å². The highest BCUT2D eigenvalue weighted by Crippen LogP contribution is 2.34. The molecule has 0 spiro atoms. The Bertz CT molecular complexity index is 1420. The molecule has 2 aromatic heterocycles. The number of aliphatic carboxylic acids is 1. The molecule has 9 nitrogen and oxygen atoms in total. The largest absolute Gasteiger partial charge is 0.481 e. The lowest BCUT2D eigenvalue weighted by atomic mass is 10.0. The van der Waals surface area contributed by atoms with Gasteiger partial charge in [0.05, 0.1) is 25.6 Å². The Morgan fingerprint density at radius 1 is 0.854 bits per heavy atom. The second-order valence-electron chi connectivity index (χ2n) is 9.48. The number of ether oxygens (including phenoxy) is 2. The first-order valence-corrected chi connectivity index (χ1v) is 14.8. The summed E-state index contributed by atoms with van der Waals surface area (Å²) in [6.07, 6.45) is -0.0840. The van der Waals surface area contributed by atoms with Gasteiger partial charge in [0.25, 0.3) is 0 Å². The van der Waals surface area contributed by atoms with Crippen LogP contribution in [0.25, 0.3) is 0 Å². The van der Waals surface area contributed by atoms with E-state index in [1.807, 2.05) is 65.4 Å². The van der Waals surface area contributed by atoms with E-state index in [9.17, 15) is 19.5 Å². The number of thiophene rings is 2. The molecule has 0 fully saturated rings. The van der Waals surface area contributed by atoms with Gasteiger partial charge in [-0.3, -0.25) is 9.59 Å². The molecule has 0 bridgehead atoms. The number of benzene rings is 2. The first-order valence-electron chi connectivity index (χ1n) is 13.0. The number of rotatable bonds is 12. The molecule has 0 unspecified atom stereocenters. The predicted molar refractivity (Wildman–Crippen MR) is 156 cm³/mol. The van der Waals surface area contributed by atoms with Gasteiger partial charge in [0.15, 0.2) is 11.5 Å². The molecule has 1 aliphatic heterocycles. The molecule has 2 atom stereocenters. The molecule has 1 aliphatic rings. The topological polar surface area (TPSA) is 117 Å². The highest BCUT2D eigenvalue weighted by atomic mass is 32.1. The highest BCUT2D eigenvalue weighted by molar-refractivity contribution is 7.10. The van der Waals surface area contributed by atoms with Crippen molar-refractivity contribution < 1.29 is 29.0 Å². The molecule has 0 saturated heterocycles. The quantitative estimate of drug-likeness (QED) is 0.209. The maximum atomic E-state index is 14.1. The Balaban J connectivity index is 1.37. The highest BCUT2D eigenvalue weighted by Gasteiger charge is 2.29. The van der Waals surface area contributed by atoms with E-state index in [-0.39, 0.29) is 25.5 Å². The minimum atomic E-state index is -1.08. The van der Waals surface area contributed by atoms with Gasteiger partial charge in [0, 0.05) is 16.2 Å². The van der Waals surface area contributed by atoms with Crippen molar-refractivity contribution in [3.05, 3.63) is 104 Å². The third kappa shape index (κ3) is 7.65. The van der Waals surface area contributed by atoms with Crippen LogP contribution in [0.4, 0.5) is 4.79 Å². The molecule has 11 heteroatoms. The van der Waals surface area contributed by atoms with Crippen LogP contribution in [0.5, 0.6) is 11.5 Å². The second-order valence-corrected chi connectivity index (χ2v) is 11.5. The summed E-state index contributed by atoms with van der Waals surface area (Å²) in [6, 6.07) is 20.0. The molecule has 0 radical (unpaired) electrons. The fourth-order valence-electron chi connectivity index (χ4n) is 4.58. The van der Waals surface area contributed by atoms with Crippen molar-refractivity contribution in [2.24, 2.45) is 0 Å². The normalized spacial score (nSPS) is 13.3. The van der Waals surface area contributed by atoms with Crippen LogP contribution in [0.15, 0.2) is 83.6 Å². The standard InChI is InChI=1S/C30H29N3O6S2/c34-28(35)16-24(21-10-11-26-27(15-21)39-19-38-26)31-30(37)32-25(14-20-6-2-1-3-7-20)29(36)33(17-22-8-4-12-40-22)18-23-9-5-13-41-23/h1-13,15,24-25H,14,16-19H2,(H,34,35)(H2,31,32,37)/t24-,25-/m0/s1. The summed E-state index contributed by atoms with van der Waals surface area (Å²) in [7, 11) is 0. The van der Waals surface area contributed by atoms with Crippen LogP contribution in [0.1, 0.15) is 33.3 Å². The van der Waals surface area contributed by atoms with Gasteiger partial charge in [-0.15, -0.1) is 22.7 Å². The lowest BCUT2D eigenvalue weighted by molar-refractivity contribution is -0.137. The molecule has 3 amide bonds. The van der Waals surface area contributed by atoms with Gasteiger partial charge >= 0.3 is 12.0 Å². The number of urea groups is 1. The summed E-state index contributed by atoms with van der Waals surface area (Å²) >= 11 is 3.13. The van der Waals surface area contributed by atoms with Crippen molar-refractivity contribution >= 4 is 40.6 Å². The van der Waals surface area contributed by atoms with Gasteiger partial charge in [0.2, 0.25) is 12.7 Å². The van der Waals surface area contributed by atoms with E-state index in [1.165, 1.54) is 0 Å². The summed E-state index contributed by atoms with van der Waals surface area (Å²) in [6.45, 7) is 0.886. The number of hydrogen-bond donors (Lipinski definition) is 3. The maximum absolute atomic E-state index is 14.1. The van der Waals surface area contributed by atoms with Gasteiger partial charge in [0.1, 0.15) is 6.04 Å². The zero-order valence-electron chi connectivity index (χ0n) is 22.0. The predicted octanol–water partition coefficient (Wildman–Crippen LogP) is 5.19. The first kappa shape index (κ1) is 28.2. The minimum Gasteiger partial charge on any atom is -0.481 e. The summed E-state index contributed by atoms with van der Waals surface area (Å²) in [5, 5.41) is 19.1. The fourth-order valence-corrected chi connectivity index (χ4v) is 6.02. The van der Waals surface area contributed by atoms with Crippen LogP contribution in [-0.4, -0.2) is 40.7 Å². The Morgan fingerprint density at radius 3 is 2.17 bits per heavy atom. The number of hydrogen-bond acceptors (Lipinski definition) is 7. The number of carbonyl (C=O) groups is 3. The summed E-state index contributed by atoms with van der Waals surface area (Å²) in [5.74, 6) is -0.279. The van der Waals surface area contributed by atoms with Gasteiger partial charge < -0.3 is 30.1 Å². The van der Waals surface area contributed by atoms with E-state index in [4.69, 9.17) is 9.47 Å². The lowest BCUT2D eigenvalue weighted by Gasteiger charge is -2.28. The molecule has 3 heterocycles. The van der Waals surface area contributed by atoms with Crippen molar-refractivity contribution in [3.63, 3.8) is 0 Å². The van der Waals surface area contributed by atoms with Crippen molar-refractivity contribution in [1.82, 2.24) is 15.5 Å². The molecule has 3 N–H and O–H groups in total. The van der Waals surface area contributed by atoms with Crippen molar-refractivity contribution in [2.75, 3.05) is 6.79 Å². The minimum absolute atomic E-state index is 0.0764. The third-order valence-corrected chi connectivity index (χ3v) is 8.26. The van der Waals surface area contributed by atoms with Crippen LogP contribution in [0.3, 0.4) is 0 Å². The van der Waals surface area contributed by atoms with Crippen LogP contribution in [0.2, 0.25) is 0 Å². The van der Waals surface area contributed by atoms with Crippen LogP contribution in [0, 0.1) is 0 Å². The molecule has 4 aromatic rings. The zero-order chi connectivity index (χ0) is 28.6. The number of nitrogens with zero attached hydrogens (tertiary/aromatic N) is 1. The zero-order valence-corrected chi connectivity index (χ0v) is 23.7. The Kier molecular flexibility index (Phi) is 9.17. The first-order chi connectivity index (χ1) is 19.9. The van der Waals surface area contributed by atoms with Crippen LogP contribution >= 0.6 is 22.7 Å². The van der Waals surface area contributed by atoms with Gasteiger partial charge in [-0.2, -0.15) is 0 Å².